The van der Waals surface area contributed by atoms with E-state index < -0.39 is 25.3 Å². The van der Waals surface area contributed by atoms with Gasteiger partial charge in [0.25, 0.3) is 0 Å². The van der Waals surface area contributed by atoms with Crippen molar-refractivity contribution in [3.63, 3.8) is 0 Å². The maximum Gasteiger partial charge on any atom is 0.411 e. The second-order valence-corrected chi connectivity index (χ2v) is 3.43. The van der Waals surface area contributed by atoms with Crippen molar-refractivity contribution in [3.05, 3.63) is 0 Å². The Morgan fingerprint density at radius 1 is 1.53 bits per heavy atom. The summed E-state index contributed by atoms with van der Waals surface area (Å²) >= 11 is 5.41. The first-order valence-corrected chi connectivity index (χ1v) is 4.88. The van der Waals surface area contributed by atoms with Crippen molar-refractivity contribution in [1.29, 1.82) is 0 Å². The molecule has 0 saturated heterocycles. The smallest absolute Gasteiger partial charge is 0.362 e. The highest BCUT2D eigenvalue weighted by atomic mass is 35.5. The highest BCUT2D eigenvalue weighted by molar-refractivity contribution is 6.17. The van der Waals surface area contributed by atoms with Gasteiger partial charge in [0.1, 0.15) is 13.2 Å². The fourth-order valence-electron chi connectivity index (χ4n) is 0.812. The van der Waals surface area contributed by atoms with Crippen molar-refractivity contribution in [1.82, 2.24) is 5.32 Å². The maximum absolute atomic E-state index is 11.6. The number of alkyl halides is 4. The molecule has 0 aromatic rings. The second-order valence-electron chi connectivity index (χ2n) is 3.05. The van der Waals surface area contributed by atoms with Crippen LogP contribution in [0.4, 0.5) is 13.2 Å². The number of carbonyl (C=O) groups excluding carboxylic acids is 1. The molecule has 1 N–H and O–H groups in total. The molecule has 1 amide bonds. The molecule has 90 valence electrons. The zero-order valence-corrected chi connectivity index (χ0v) is 8.99. The zero-order chi connectivity index (χ0) is 11.9. The Balaban J connectivity index is 3.58. The number of nitrogens with one attached hydrogen (secondary N) is 1. The van der Waals surface area contributed by atoms with Gasteiger partial charge in [-0.25, -0.2) is 0 Å². The molecule has 0 spiro atoms. The Bertz CT molecular complexity index is 199. The van der Waals surface area contributed by atoms with Crippen LogP contribution in [0.15, 0.2) is 0 Å². The molecule has 7 heteroatoms. The van der Waals surface area contributed by atoms with Crippen molar-refractivity contribution < 1.29 is 22.7 Å². The molecule has 1 atom stereocenters. The van der Waals surface area contributed by atoms with E-state index in [1.807, 2.05) is 0 Å². The van der Waals surface area contributed by atoms with Crippen LogP contribution in [0.2, 0.25) is 0 Å². The number of amides is 1. The number of hydrogen-bond acceptors (Lipinski definition) is 2. The molecule has 3 nitrogen and oxygen atoms in total. The fraction of sp³-hybridized carbons (Fsp3) is 0.875. The van der Waals surface area contributed by atoms with Gasteiger partial charge in [-0.1, -0.05) is 0 Å². The van der Waals surface area contributed by atoms with E-state index in [1.54, 1.807) is 6.92 Å². The Labute approximate surface area is 90.9 Å². The molecule has 0 aromatic carbocycles. The van der Waals surface area contributed by atoms with Crippen LogP contribution < -0.4 is 5.32 Å². The quantitative estimate of drug-likeness (QED) is 0.726. The van der Waals surface area contributed by atoms with Crippen LogP contribution in [0.25, 0.3) is 0 Å². The van der Waals surface area contributed by atoms with Gasteiger partial charge >= 0.3 is 6.18 Å². The van der Waals surface area contributed by atoms with Crippen LogP contribution in [-0.2, 0) is 9.53 Å². The van der Waals surface area contributed by atoms with Gasteiger partial charge in [0, 0.05) is 11.9 Å². The van der Waals surface area contributed by atoms with E-state index in [0.717, 1.165) is 0 Å². The van der Waals surface area contributed by atoms with Crippen LogP contribution in [0.1, 0.15) is 13.3 Å². The van der Waals surface area contributed by atoms with Gasteiger partial charge in [0.2, 0.25) is 5.91 Å². The summed E-state index contributed by atoms with van der Waals surface area (Å²) in [5.74, 6) is -0.193. The molecular formula is C8H13ClF3NO2. The molecule has 15 heavy (non-hydrogen) atoms. The fourth-order valence-corrected chi connectivity index (χ4v) is 1.14. The van der Waals surface area contributed by atoms with E-state index in [1.165, 1.54) is 0 Å². The van der Waals surface area contributed by atoms with Crippen molar-refractivity contribution >= 4 is 17.5 Å². The second kappa shape index (κ2) is 6.90. The first-order valence-electron chi connectivity index (χ1n) is 4.35. The first-order chi connectivity index (χ1) is 6.85. The van der Waals surface area contributed by atoms with Crippen LogP contribution in [0.3, 0.4) is 0 Å². The SMILES string of the molecule is CC(CCCl)NC(=O)COCC(F)(F)F. The van der Waals surface area contributed by atoms with Gasteiger partial charge in [0.05, 0.1) is 0 Å². The van der Waals surface area contributed by atoms with Crippen molar-refractivity contribution in [3.8, 4) is 0 Å². The summed E-state index contributed by atoms with van der Waals surface area (Å²) in [6.45, 7) is -0.291. The van der Waals surface area contributed by atoms with Crippen LogP contribution >= 0.6 is 11.6 Å². The van der Waals surface area contributed by atoms with Crippen LogP contribution in [0.5, 0.6) is 0 Å². The third-order valence-corrected chi connectivity index (χ3v) is 1.67. The van der Waals surface area contributed by atoms with E-state index in [0.29, 0.717) is 12.3 Å². The largest absolute Gasteiger partial charge is 0.411 e. The molecule has 0 heterocycles. The molecule has 0 aliphatic rings. The predicted octanol–water partition coefficient (Wildman–Crippen LogP) is 1.70. The average Bonchev–Trinajstić information content (AvgIpc) is 2.01. The van der Waals surface area contributed by atoms with Gasteiger partial charge < -0.3 is 10.1 Å². The molecule has 0 aromatic heterocycles. The van der Waals surface area contributed by atoms with E-state index in [2.05, 4.69) is 10.1 Å². The molecule has 1 unspecified atom stereocenters. The molecule has 0 radical (unpaired) electrons. The molecule has 0 bridgehead atoms. The maximum atomic E-state index is 11.6. The normalized spacial score (nSPS) is 13.7. The standard InChI is InChI=1S/C8H13ClF3NO2/c1-6(2-3-9)13-7(14)4-15-5-8(10,11)12/h6H,2-5H2,1H3,(H,13,14). The van der Waals surface area contributed by atoms with Gasteiger partial charge in [-0.2, -0.15) is 13.2 Å². The predicted molar refractivity (Wildman–Crippen MR) is 49.8 cm³/mol. The number of halogens is 4. The topological polar surface area (TPSA) is 38.3 Å². The van der Waals surface area contributed by atoms with E-state index in [-0.39, 0.29) is 6.04 Å². The summed E-state index contributed by atoms with van der Waals surface area (Å²) in [4.78, 5) is 11.0. The van der Waals surface area contributed by atoms with E-state index >= 15 is 0 Å². The molecule has 0 fully saturated rings. The van der Waals surface area contributed by atoms with Crippen molar-refractivity contribution in [2.75, 3.05) is 19.1 Å². The van der Waals surface area contributed by atoms with Gasteiger partial charge in [-0.15, -0.1) is 11.6 Å². The van der Waals surface area contributed by atoms with Crippen LogP contribution in [0, 0.1) is 0 Å². The molecular weight excluding hydrogens is 235 g/mol. The minimum Gasteiger partial charge on any atom is -0.362 e. The summed E-state index contributed by atoms with van der Waals surface area (Å²) in [6, 6.07) is -0.163. The Hall–Kier alpha value is -0.490. The lowest BCUT2D eigenvalue weighted by atomic mass is 10.2. The minimum absolute atomic E-state index is 0.163. The van der Waals surface area contributed by atoms with Gasteiger partial charge in [-0.3, -0.25) is 4.79 Å². The molecule has 0 aliphatic heterocycles. The summed E-state index contributed by atoms with van der Waals surface area (Å²) < 4.78 is 39.0. The summed E-state index contributed by atoms with van der Waals surface area (Å²) in [5.41, 5.74) is 0. The van der Waals surface area contributed by atoms with Gasteiger partial charge in [0.15, 0.2) is 0 Å². The number of hydrogen-bond donors (Lipinski definition) is 1. The zero-order valence-electron chi connectivity index (χ0n) is 8.23. The monoisotopic (exact) mass is 247 g/mol. The highest BCUT2D eigenvalue weighted by Gasteiger charge is 2.27. The number of rotatable bonds is 6. The first kappa shape index (κ1) is 14.5. The van der Waals surface area contributed by atoms with E-state index in [4.69, 9.17) is 11.6 Å². The lowest BCUT2D eigenvalue weighted by Gasteiger charge is -2.12. The van der Waals surface area contributed by atoms with Crippen molar-refractivity contribution in [2.24, 2.45) is 0 Å². The molecule has 0 saturated carbocycles. The Kier molecular flexibility index (Phi) is 6.67. The summed E-state index contributed by atoms with van der Waals surface area (Å²) in [5, 5.41) is 2.45. The highest BCUT2D eigenvalue weighted by Crippen LogP contribution is 2.14. The summed E-state index contributed by atoms with van der Waals surface area (Å²) in [7, 11) is 0. The lowest BCUT2D eigenvalue weighted by Crippen LogP contribution is -2.36. The Morgan fingerprint density at radius 3 is 2.60 bits per heavy atom. The Morgan fingerprint density at radius 2 is 2.13 bits per heavy atom. The summed E-state index contributed by atoms with van der Waals surface area (Å²) in [6.07, 6.45) is -3.84. The minimum atomic E-state index is -4.40. The number of ether oxygens (including phenoxy) is 1. The lowest BCUT2D eigenvalue weighted by molar-refractivity contribution is -0.175. The van der Waals surface area contributed by atoms with E-state index in [9.17, 15) is 18.0 Å². The third kappa shape index (κ3) is 9.81. The number of carbonyl (C=O) groups is 1. The van der Waals surface area contributed by atoms with Crippen LogP contribution in [-0.4, -0.2) is 37.2 Å². The van der Waals surface area contributed by atoms with Crippen molar-refractivity contribution in [2.45, 2.75) is 25.6 Å². The third-order valence-electron chi connectivity index (χ3n) is 1.45. The molecule has 0 rings (SSSR count). The molecule has 0 aliphatic carbocycles. The average molecular weight is 248 g/mol. The van der Waals surface area contributed by atoms with Gasteiger partial charge in [-0.05, 0) is 13.3 Å².